The second-order valence-corrected chi connectivity index (χ2v) is 23.5. The average molecular weight is 1190 g/mol. The summed E-state index contributed by atoms with van der Waals surface area (Å²) >= 11 is 0. The van der Waals surface area contributed by atoms with Crippen LogP contribution < -0.4 is 5.32 Å². The first-order valence-corrected chi connectivity index (χ1v) is 34.7. The Morgan fingerprint density at radius 1 is 0.471 bits per heavy atom. The molecule has 0 aromatic heterocycles. The molecule has 0 radical (unpaired) electrons. The van der Waals surface area contributed by atoms with E-state index in [-0.39, 0.29) is 19.4 Å². The van der Waals surface area contributed by atoms with Crippen LogP contribution in [0.2, 0.25) is 0 Å². The summed E-state index contributed by atoms with van der Waals surface area (Å²) in [5, 5.41) is 57.2. The van der Waals surface area contributed by atoms with Crippen LogP contribution in [0.4, 0.5) is 0 Å². The second kappa shape index (κ2) is 60.6. The molecular formula is C74H127NO10. The fraction of sp³-hybridized carbons (Fsp3) is 0.730. The van der Waals surface area contributed by atoms with Gasteiger partial charge in [-0.2, -0.15) is 0 Å². The lowest BCUT2D eigenvalue weighted by Crippen LogP contribution is -2.61. The number of esters is 1. The van der Waals surface area contributed by atoms with Crippen molar-refractivity contribution in [1.29, 1.82) is 0 Å². The SMILES string of the molecule is CC/C=C\C/C=C\C/C=C\C/C=C\C/C=C\C/C=C\CCC(=O)OC1C(OCC(NC(=O)C(O)CCCCCCCCCCCCCCCC/C=C\C/C=C\CCCCC)C(O)/C=C/CCCCCCCCCCCCC)OC(CO)C(O)C1O. The monoisotopic (exact) mass is 1190 g/mol. The molecule has 1 rings (SSSR count). The summed E-state index contributed by atoms with van der Waals surface area (Å²) < 4.78 is 17.6. The van der Waals surface area contributed by atoms with Gasteiger partial charge in [-0.3, -0.25) is 9.59 Å². The molecule has 1 fully saturated rings. The van der Waals surface area contributed by atoms with Crippen LogP contribution in [0.15, 0.2) is 109 Å². The molecule has 0 aromatic rings. The van der Waals surface area contributed by atoms with Gasteiger partial charge < -0.3 is 45.1 Å². The van der Waals surface area contributed by atoms with Gasteiger partial charge in [0.05, 0.1) is 25.4 Å². The van der Waals surface area contributed by atoms with Crippen LogP contribution in [0.25, 0.3) is 0 Å². The van der Waals surface area contributed by atoms with Crippen LogP contribution in [0.3, 0.4) is 0 Å². The van der Waals surface area contributed by atoms with Crippen LogP contribution in [-0.2, 0) is 23.8 Å². The second-order valence-electron chi connectivity index (χ2n) is 23.5. The third-order valence-corrected chi connectivity index (χ3v) is 15.7. The summed E-state index contributed by atoms with van der Waals surface area (Å²) in [6.07, 6.45) is 72.8. The van der Waals surface area contributed by atoms with Gasteiger partial charge in [-0.15, -0.1) is 0 Å². The van der Waals surface area contributed by atoms with E-state index in [9.17, 15) is 35.1 Å². The lowest BCUT2D eigenvalue weighted by molar-refractivity contribution is -0.305. The van der Waals surface area contributed by atoms with Crippen molar-refractivity contribution >= 4 is 11.9 Å². The number of hydrogen-bond acceptors (Lipinski definition) is 10. The molecule has 0 aromatic carbocycles. The molecule has 1 aliphatic heterocycles. The van der Waals surface area contributed by atoms with E-state index in [1.807, 2.05) is 18.2 Å². The topological polar surface area (TPSA) is 175 Å². The molecule has 8 atom stereocenters. The Bertz CT molecular complexity index is 1800. The summed E-state index contributed by atoms with van der Waals surface area (Å²) in [5.41, 5.74) is 0. The minimum absolute atomic E-state index is 0.00575. The maximum Gasteiger partial charge on any atom is 0.306 e. The maximum atomic E-state index is 13.5. The van der Waals surface area contributed by atoms with Gasteiger partial charge in [-0.25, -0.2) is 0 Å². The van der Waals surface area contributed by atoms with E-state index < -0.39 is 67.4 Å². The number of carbonyl (C=O) groups excluding carboxylic acids is 2. The predicted octanol–water partition coefficient (Wildman–Crippen LogP) is 17.6. The summed E-state index contributed by atoms with van der Waals surface area (Å²) in [6.45, 7) is 5.63. The minimum Gasteiger partial charge on any atom is -0.454 e. The third kappa shape index (κ3) is 48.0. The molecule has 11 heteroatoms. The zero-order valence-electron chi connectivity index (χ0n) is 54.2. The van der Waals surface area contributed by atoms with Crippen molar-refractivity contribution in [1.82, 2.24) is 5.32 Å². The van der Waals surface area contributed by atoms with Crippen LogP contribution in [-0.4, -0.2) is 99.6 Å². The summed E-state index contributed by atoms with van der Waals surface area (Å²) in [7, 11) is 0. The van der Waals surface area contributed by atoms with Crippen molar-refractivity contribution in [3.8, 4) is 0 Å². The number of unbranched alkanes of at least 4 members (excludes halogenated alkanes) is 28. The fourth-order valence-electron chi connectivity index (χ4n) is 10.2. The van der Waals surface area contributed by atoms with E-state index in [0.29, 0.717) is 19.3 Å². The molecule has 1 amide bonds. The molecule has 488 valence electrons. The number of rotatable bonds is 58. The Morgan fingerprint density at radius 3 is 1.29 bits per heavy atom. The highest BCUT2D eigenvalue weighted by molar-refractivity contribution is 5.80. The maximum absolute atomic E-state index is 13.5. The number of amides is 1. The van der Waals surface area contributed by atoms with Crippen LogP contribution in [0.1, 0.15) is 284 Å². The molecule has 0 aliphatic carbocycles. The molecular weight excluding hydrogens is 1060 g/mol. The van der Waals surface area contributed by atoms with Gasteiger partial charge in [0.25, 0.3) is 0 Å². The molecule has 11 nitrogen and oxygen atoms in total. The van der Waals surface area contributed by atoms with Crippen molar-refractivity contribution in [3.63, 3.8) is 0 Å². The molecule has 6 N–H and O–H groups in total. The molecule has 1 saturated heterocycles. The highest BCUT2D eigenvalue weighted by Gasteiger charge is 2.47. The summed E-state index contributed by atoms with van der Waals surface area (Å²) in [6, 6.07) is -1.05. The number of nitrogens with one attached hydrogen (secondary N) is 1. The Labute approximate surface area is 519 Å². The standard InChI is InChI=1S/C74H127NO10/c1-4-7-10-13-16-19-22-25-27-29-31-32-33-34-35-37-38-40-43-46-49-52-55-58-61-67(78)73(82)75-65(66(77)60-57-54-51-48-45-42-24-21-18-15-12-9-6-3)64-83-74-72(71(81)70(80)68(63-76)84-74)85-69(79)62-59-56-53-50-47-44-41-39-36-30-28-26-23-20-17-14-11-8-5-2/h8,11,16-17,19-20,25-28,36,39,44,47,53,56-57,60,65-68,70-72,74,76-78,80-81H,4-7,9-10,12-15,18,21-24,29-35,37-38,40-43,45-46,48-52,54-55,58-59,61-64H2,1-3H3,(H,75,82)/b11-8-,19-16-,20-17-,27-25-,28-26-,39-36-,47-44-,56-53-,60-57+. The number of ether oxygens (including phenoxy) is 3. The number of allylic oxidation sites excluding steroid dienone is 17. The molecule has 0 bridgehead atoms. The highest BCUT2D eigenvalue weighted by Crippen LogP contribution is 2.26. The summed E-state index contributed by atoms with van der Waals surface area (Å²) in [5.74, 6) is -1.28. The minimum atomic E-state index is -1.65. The van der Waals surface area contributed by atoms with Gasteiger partial charge in [0.15, 0.2) is 12.4 Å². The molecule has 85 heavy (non-hydrogen) atoms. The van der Waals surface area contributed by atoms with Crippen molar-refractivity contribution in [2.45, 2.75) is 333 Å². The first-order chi connectivity index (χ1) is 41.7. The first-order valence-electron chi connectivity index (χ1n) is 34.7. The van der Waals surface area contributed by atoms with Gasteiger partial charge >= 0.3 is 5.97 Å². The van der Waals surface area contributed by atoms with Crippen LogP contribution in [0.5, 0.6) is 0 Å². The van der Waals surface area contributed by atoms with Gasteiger partial charge in [-0.1, -0.05) is 291 Å². The molecule has 8 unspecified atom stereocenters. The lowest BCUT2D eigenvalue weighted by Gasteiger charge is -2.41. The summed E-state index contributed by atoms with van der Waals surface area (Å²) in [4.78, 5) is 26.6. The van der Waals surface area contributed by atoms with Crippen molar-refractivity contribution in [2.75, 3.05) is 13.2 Å². The third-order valence-electron chi connectivity index (χ3n) is 15.7. The van der Waals surface area contributed by atoms with E-state index >= 15 is 0 Å². The highest BCUT2D eigenvalue weighted by atomic mass is 16.7. The van der Waals surface area contributed by atoms with E-state index in [2.05, 4.69) is 111 Å². The predicted molar refractivity (Wildman–Crippen MR) is 356 cm³/mol. The van der Waals surface area contributed by atoms with Crippen molar-refractivity contribution < 1.29 is 49.3 Å². The molecule has 0 spiro atoms. The van der Waals surface area contributed by atoms with Gasteiger partial charge in [0, 0.05) is 6.42 Å². The van der Waals surface area contributed by atoms with E-state index in [1.54, 1.807) is 6.08 Å². The zero-order valence-corrected chi connectivity index (χ0v) is 54.2. The quantitative estimate of drug-likeness (QED) is 0.0195. The molecule has 1 aliphatic rings. The van der Waals surface area contributed by atoms with Crippen LogP contribution in [0, 0.1) is 0 Å². The Balaban J connectivity index is 2.65. The Kier molecular flexibility index (Phi) is 56.6. The Morgan fingerprint density at radius 2 is 0.847 bits per heavy atom. The van der Waals surface area contributed by atoms with Crippen molar-refractivity contribution in [3.05, 3.63) is 109 Å². The lowest BCUT2D eigenvalue weighted by atomic mass is 9.99. The van der Waals surface area contributed by atoms with E-state index in [0.717, 1.165) is 83.5 Å². The molecule has 0 saturated carbocycles. The number of aliphatic hydroxyl groups excluding tert-OH is 5. The number of aliphatic hydroxyl groups is 5. The van der Waals surface area contributed by atoms with E-state index in [1.165, 1.54) is 148 Å². The van der Waals surface area contributed by atoms with Gasteiger partial charge in [-0.05, 0) is 96.3 Å². The van der Waals surface area contributed by atoms with Crippen LogP contribution >= 0.6 is 0 Å². The fourth-order valence-corrected chi connectivity index (χ4v) is 10.2. The Hall–Kier alpha value is -3.68. The smallest absolute Gasteiger partial charge is 0.306 e. The normalized spacial score (nSPS) is 19.1. The zero-order chi connectivity index (χ0) is 61.7. The first kappa shape index (κ1) is 79.3. The average Bonchev–Trinajstić information content (AvgIpc) is 2.49. The van der Waals surface area contributed by atoms with Gasteiger partial charge in [0.2, 0.25) is 5.91 Å². The molecule has 1 heterocycles. The van der Waals surface area contributed by atoms with E-state index in [4.69, 9.17) is 14.2 Å². The van der Waals surface area contributed by atoms with Gasteiger partial charge in [0.1, 0.15) is 24.4 Å². The van der Waals surface area contributed by atoms with Crippen molar-refractivity contribution in [2.24, 2.45) is 0 Å². The number of carbonyl (C=O) groups is 2. The largest absolute Gasteiger partial charge is 0.454 e. The number of hydrogen-bond donors (Lipinski definition) is 6.